The molecule has 1 heterocycles. The Hall–Kier alpha value is -2.60. The average molecular weight is 377 g/mol. The van der Waals surface area contributed by atoms with Crippen molar-refractivity contribution >= 4 is 23.5 Å². The molecule has 0 radical (unpaired) electrons. The fourth-order valence-electron chi connectivity index (χ4n) is 2.82. The second kappa shape index (κ2) is 7.33. The summed E-state index contributed by atoms with van der Waals surface area (Å²) in [6.07, 6.45) is 0.487. The lowest BCUT2D eigenvalue weighted by molar-refractivity contribution is -0.131. The third-order valence-electron chi connectivity index (χ3n) is 4.30. The molecule has 7 heteroatoms. The van der Waals surface area contributed by atoms with Crippen molar-refractivity contribution in [1.82, 2.24) is 10.2 Å². The summed E-state index contributed by atoms with van der Waals surface area (Å²) in [6, 6.07) is 12.0. The number of benzene rings is 2. The molecular formula is C19H18ClFN2O3. The van der Waals surface area contributed by atoms with Crippen molar-refractivity contribution in [3.05, 3.63) is 64.9 Å². The van der Waals surface area contributed by atoms with Gasteiger partial charge in [0.2, 0.25) is 0 Å². The summed E-state index contributed by atoms with van der Waals surface area (Å²) in [6.45, 7) is 2.20. The number of imide groups is 1. The molecule has 0 spiro atoms. The smallest absolute Gasteiger partial charge is 0.325 e. The first-order valence-electron chi connectivity index (χ1n) is 8.19. The number of nitrogens with one attached hydrogen (secondary N) is 1. The number of carbonyl (C=O) groups excluding carboxylic acids is 2. The van der Waals surface area contributed by atoms with Crippen molar-refractivity contribution in [2.45, 2.75) is 18.9 Å². The molecule has 0 aromatic heterocycles. The molecule has 5 nitrogen and oxygen atoms in total. The van der Waals surface area contributed by atoms with Crippen molar-refractivity contribution in [3.63, 3.8) is 0 Å². The zero-order valence-corrected chi connectivity index (χ0v) is 14.9. The van der Waals surface area contributed by atoms with Gasteiger partial charge in [0, 0.05) is 11.6 Å². The standard InChI is InChI=1S/C19H18ClFN2O3/c1-19(13-3-7-15(21)8-4-13)17(24)23(18(25)22-19)11-2-12-26-16-9-5-14(20)6-10-16/h3-10H,2,11-12H2,1H3,(H,22,25). The number of halogens is 2. The molecule has 0 bridgehead atoms. The lowest BCUT2D eigenvalue weighted by Crippen LogP contribution is -2.41. The van der Waals surface area contributed by atoms with Crippen molar-refractivity contribution in [3.8, 4) is 5.75 Å². The van der Waals surface area contributed by atoms with Gasteiger partial charge >= 0.3 is 6.03 Å². The zero-order valence-electron chi connectivity index (χ0n) is 14.2. The van der Waals surface area contributed by atoms with E-state index >= 15 is 0 Å². The minimum atomic E-state index is -1.19. The summed E-state index contributed by atoms with van der Waals surface area (Å²) in [5.74, 6) is -0.0892. The Morgan fingerprint density at radius 3 is 2.42 bits per heavy atom. The average Bonchev–Trinajstić information content (AvgIpc) is 2.84. The number of hydrogen-bond donors (Lipinski definition) is 1. The predicted octanol–water partition coefficient (Wildman–Crippen LogP) is 3.72. The van der Waals surface area contributed by atoms with E-state index in [2.05, 4.69) is 5.32 Å². The first kappa shape index (κ1) is 18.2. The minimum Gasteiger partial charge on any atom is -0.494 e. The molecule has 1 saturated heterocycles. The van der Waals surface area contributed by atoms with Gasteiger partial charge in [-0.25, -0.2) is 9.18 Å². The normalized spacial score (nSPS) is 19.6. The van der Waals surface area contributed by atoms with Gasteiger partial charge in [0.05, 0.1) is 6.61 Å². The number of nitrogens with zero attached hydrogens (tertiary/aromatic N) is 1. The highest BCUT2D eigenvalue weighted by atomic mass is 35.5. The van der Waals surface area contributed by atoms with E-state index in [1.807, 2.05) is 0 Å². The van der Waals surface area contributed by atoms with Crippen LogP contribution in [0.5, 0.6) is 5.75 Å². The number of rotatable bonds is 6. The molecule has 2 aromatic carbocycles. The second-order valence-corrected chi connectivity index (χ2v) is 6.61. The highest BCUT2D eigenvalue weighted by Crippen LogP contribution is 2.29. The molecule has 3 amide bonds. The van der Waals surface area contributed by atoms with E-state index in [0.29, 0.717) is 29.4 Å². The number of amides is 3. The molecule has 1 N–H and O–H groups in total. The highest BCUT2D eigenvalue weighted by Gasteiger charge is 2.48. The Kier molecular flexibility index (Phi) is 5.13. The maximum absolute atomic E-state index is 13.1. The molecule has 26 heavy (non-hydrogen) atoms. The summed E-state index contributed by atoms with van der Waals surface area (Å²) in [7, 11) is 0. The van der Waals surface area contributed by atoms with Crippen LogP contribution in [0.4, 0.5) is 9.18 Å². The van der Waals surface area contributed by atoms with Crippen LogP contribution in [0.2, 0.25) is 5.02 Å². The third-order valence-corrected chi connectivity index (χ3v) is 4.56. The first-order valence-corrected chi connectivity index (χ1v) is 8.56. The molecule has 3 rings (SSSR count). The van der Waals surface area contributed by atoms with Gasteiger partial charge in [-0.05, 0) is 55.3 Å². The van der Waals surface area contributed by atoms with Crippen molar-refractivity contribution in [2.24, 2.45) is 0 Å². The molecule has 1 aliphatic heterocycles. The summed E-state index contributed by atoms with van der Waals surface area (Å²) in [5, 5.41) is 3.31. The van der Waals surface area contributed by atoms with Gasteiger partial charge in [-0.3, -0.25) is 9.69 Å². The quantitative estimate of drug-likeness (QED) is 0.617. The van der Waals surface area contributed by atoms with Crippen molar-refractivity contribution in [2.75, 3.05) is 13.2 Å². The monoisotopic (exact) mass is 376 g/mol. The fourth-order valence-corrected chi connectivity index (χ4v) is 2.95. The predicted molar refractivity (Wildman–Crippen MR) is 95.6 cm³/mol. The zero-order chi connectivity index (χ0) is 18.7. The summed E-state index contributed by atoms with van der Waals surface area (Å²) >= 11 is 5.81. The Labute approximate surface area is 155 Å². The van der Waals surface area contributed by atoms with Gasteiger partial charge < -0.3 is 10.1 Å². The van der Waals surface area contributed by atoms with E-state index < -0.39 is 17.4 Å². The second-order valence-electron chi connectivity index (χ2n) is 6.17. The summed E-state index contributed by atoms with van der Waals surface area (Å²) in [4.78, 5) is 26.1. The van der Waals surface area contributed by atoms with Gasteiger partial charge in [-0.1, -0.05) is 23.7 Å². The first-order chi connectivity index (χ1) is 12.4. The van der Waals surface area contributed by atoms with E-state index in [1.54, 1.807) is 31.2 Å². The van der Waals surface area contributed by atoms with Crippen LogP contribution in [0, 0.1) is 5.82 Å². The van der Waals surface area contributed by atoms with Gasteiger partial charge in [0.25, 0.3) is 5.91 Å². The molecule has 2 aromatic rings. The summed E-state index contributed by atoms with van der Waals surface area (Å²) < 4.78 is 18.7. The van der Waals surface area contributed by atoms with E-state index in [-0.39, 0.29) is 12.5 Å². The van der Waals surface area contributed by atoms with Crippen LogP contribution in [0.25, 0.3) is 0 Å². The Morgan fingerprint density at radius 2 is 1.77 bits per heavy atom. The SMILES string of the molecule is CC1(c2ccc(F)cc2)NC(=O)N(CCCOc2ccc(Cl)cc2)C1=O. The molecule has 0 saturated carbocycles. The fraction of sp³-hybridized carbons (Fsp3) is 0.263. The van der Waals surface area contributed by atoms with Crippen molar-refractivity contribution in [1.29, 1.82) is 0 Å². The molecule has 136 valence electrons. The van der Waals surface area contributed by atoms with Crippen LogP contribution in [0.15, 0.2) is 48.5 Å². The number of hydrogen-bond acceptors (Lipinski definition) is 3. The van der Waals surface area contributed by atoms with Crippen LogP contribution >= 0.6 is 11.6 Å². The van der Waals surface area contributed by atoms with Gasteiger partial charge in [-0.2, -0.15) is 0 Å². The molecule has 0 aliphatic carbocycles. The maximum atomic E-state index is 13.1. The number of ether oxygens (including phenoxy) is 1. The maximum Gasteiger partial charge on any atom is 0.325 e. The topological polar surface area (TPSA) is 58.6 Å². The van der Waals surface area contributed by atoms with Gasteiger partial charge in [0.15, 0.2) is 0 Å². The lowest BCUT2D eigenvalue weighted by atomic mass is 9.92. The van der Waals surface area contributed by atoms with Crippen LogP contribution < -0.4 is 10.1 Å². The number of carbonyl (C=O) groups is 2. The van der Waals surface area contributed by atoms with E-state index in [0.717, 1.165) is 4.90 Å². The van der Waals surface area contributed by atoms with E-state index in [4.69, 9.17) is 16.3 Å². The van der Waals surface area contributed by atoms with Crippen LogP contribution in [-0.2, 0) is 10.3 Å². The van der Waals surface area contributed by atoms with E-state index in [1.165, 1.54) is 24.3 Å². The molecule has 1 unspecified atom stereocenters. The van der Waals surface area contributed by atoms with Crippen LogP contribution in [0.1, 0.15) is 18.9 Å². The molecule has 1 atom stereocenters. The highest BCUT2D eigenvalue weighted by molar-refractivity contribution is 6.30. The Bertz CT molecular complexity index is 811. The third kappa shape index (κ3) is 3.65. The summed E-state index contributed by atoms with van der Waals surface area (Å²) in [5.41, 5.74) is -0.654. The Balaban J connectivity index is 1.58. The lowest BCUT2D eigenvalue weighted by Gasteiger charge is -2.22. The van der Waals surface area contributed by atoms with Crippen LogP contribution in [0.3, 0.4) is 0 Å². The van der Waals surface area contributed by atoms with Crippen LogP contribution in [-0.4, -0.2) is 30.0 Å². The van der Waals surface area contributed by atoms with Crippen molar-refractivity contribution < 1.29 is 18.7 Å². The Morgan fingerprint density at radius 1 is 1.12 bits per heavy atom. The molecule has 1 aliphatic rings. The van der Waals surface area contributed by atoms with E-state index in [9.17, 15) is 14.0 Å². The van der Waals surface area contributed by atoms with Gasteiger partial charge in [0.1, 0.15) is 17.1 Å². The largest absolute Gasteiger partial charge is 0.494 e. The molecule has 1 fully saturated rings. The van der Waals surface area contributed by atoms with Gasteiger partial charge in [-0.15, -0.1) is 0 Å². The minimum absolute atomic E-state index is 0.231. The number of urea groups is 1. The molecular weight excluding hydrogens is 359 g/mol.